The van der Waals surface area contributed by atoms with E-state index in [1.807, 2.05) is 0 Å². The first kappa shape index (κ1) is 73.6. The number of cyclic esters (lactones) is 1. The Morgan fingerprint density at radius 1 is 0.805 bits per heavy atom. The molecule has 498 valence electrons. The van der Waals surface area contributed by atoms with Crippen molar-refractivity contribution in [1.82, 2.24) is 15.5 Å². The second-order valence-electron chi connectivity index (χ2n) is 24.8. The van der Waals surface area contributed by atoms with Crippen molar-refractivity contribution in [3.63, 3.8) is 0 Å². The number of carbonyl (C=O) groups excluding carboxylic acids is 4. The number of alkyl carbamates (subject to hydrolysis) is 1. The lowest BCUT2D eigenvalue weighted by atomic mass is 9.74. The normalized spacial score (nSPS) is 38.8. The molecule has 1 aromatic carbocycles. The number of ether oxygens (including phenoxy) is 11. The van der Waals surface area contributed by atoms with E-state index in [0.717, 1.165) is 12.1 Å². The van der Waals surface area contributed by atoms with Gasteiger partial charge in [0.1, 0.15) is 42.7 Å². The van der Waals surface area contributed by atoms with Crippen molar-refractivity contribution in [2.45, 2.75) is 230 Å². The van der Waals surface area contributed by atoms with Crippen LogP contribution < -0.4 is 15.5 Å². The number of ketones is 1. The third kappa shape index (κ3) is 18.5. The number of hydrogen-bond donors (Lipinski definition) is 7. The summed E-state index contributed by atoms with van der Waals surface area (Å²) >= 11 is 0. The van der Waals surface area contributed by atoms with E-state index in [9.17, 15) is 48.5 Å². The summed E-state index contributed by atoms with van der Waals surface area (Å²) in [5.74, 6) is -9.10. The highest BCUT2D eigenvalue weighted by molar-refractivity contribution is 7.89. The Morgan fingerprint density at radius 2 is 1.46 bits per heavy atom. The number of amides is 1. The van der Waals surface area contributed by atoms with Gasteiger partial charge in [0, 0.05) is 64.0 Å². The molecule has 5 rings (SSSR count). The monoisotopic (exact) mass is 1260 g/mol. The Hall–Kier alpha value is -4.15. The maximum Gasteiger partial charge on any atom is 0.408 e. The Bertz CT molecular complexity index is 2550. The van der Waals surface area contributed by atoms with Crippen molar-refractivity contribution in [3.8, 4) is 0 Å². The number of hydrogen-bond acceptors (Lipinski definition) is 25. The van der Waals surface area contributed by atoms with Gasteiger partial charge in [-0.3, -0.25) is 24.5 Å². The lowest BCUT2D eigenvalue weighted by molar-refractivity contribution is -0.387. The first-order chi connectivity index (χ1) is 40.6. The molecule has 0 bridgehead atoms. The Morgan fingerprint density at radius 3 is 2.07 bits per heavy atom. The molecule has 4 aliphatic heterocycles. The number of nitrogens with zero attached hydrogens (tertiary/aromatic N) is 1. The zero-order valence-corrected chi connectivity index (χ0v) is 53.7. The van der Waals surface area contributed by atoms with Crippen molar-refractivity contribution in [2.75, 3.05) is 41.0 Å². The first-order valence-electron chi connectivity index (χ1n) is 29.8. The van der Waals surface area contributed by atoms with Crippen LogP contribution >= 0.6 is 0 Å². The molecule has 0 saturated carbocycles. The van der Waals surface area contributed by atoms with Crippen LogP contribution in [0.5, 0.6) is 0 Å². The largest absolute Gasteiger partial charge is 0.461 e. The molecule has 0 radical (unpaired) electrons. The number of aliphatic hydroxyl groups is 4. The van der Waals surface area contributed by atoms with E-state index < -0.39 is 214 Å². The van der Waals surface area contributed by atoms with Crippen molar-refractivity contribution in [3.05, 3.63) is 34.4 Å². The zero-order valence-electron chi connectivity index (χ0n) is 52.8. The Kier molecular flexibility index (Phi) is 26.8. The van der Waals surface area contributed by atoms with Gasteiger partial charge in [-0.05, 0) is 72.3 Å². The summed E-state index contributed by atoms with van der Waals surface area (Å²) in [5, 5.41) is 59.4. The van der Waals surface area contributed by atoms with Crippen molar-refractivity contribution >= 4 is 39.5 Å². The van der Waals surface area contributed by atoms with Crippen LogP contribution in [0.2, 0.25) is 0 Å². The van der Waals surface area contributed by atoms with Crippen LogP contribution in [0, 0.1) is 51.5 Å². The number of methoxy groups -OCH3 is 2. The highest BCUT2D eigenvalue weighted by Crippen LogP contribution is 2.41. The number of nitro benzene ring substituents is 1. The molecule has 7 N–H and O–H groups in total. The minimum Gasteiger partial charge on any atom is -0.461 e. The van der Waals surface area contributed by atoms with Crippen LogP contribution in [-0.2, 0) is 81.3 Å². The van der Waals surface area contributed by atoms with Crippen LogP contribution in [0.15, 0.2) is 29.2 Å². The van der Waals surface area contributed by atoms with Crippen LogP contribution in [0.25, 0.3) is 0 Å². The summed E-state index contributed by atoms with van der Waals surface area (Å²) in [6.07, 6.45) is -18.7. The van der Waals surface area contributed by atoms with Gasteiger partial charge in [0.25, 0.3) is 5.69 Å². The fourth-order valence-corrected chi connectivity index (χ4v) is 13.6. The number of Topliss-reactive ketones (excluding diaryl/α,β-unsaturated/α-hetero) is 1. The highest BCUT2D eigenvalue weighted by atomic mass is 32.2. The van der Waals surface area contributed by atoms with Gasteiger partial charge in [0.05, 0.1) is 72.6 Å². The van der Waals surface area contributed by atoms with E-state index in [1.165, 1.54) is 54.2 Å². The molecule has 87 heavy (non-hydrogen) atoms. The SMILES string of the molecule is CON[C@@H]1C[C@@H](C)O[C@@H](O[C@@H]2[C@@H](C)[C@H](O[C@H]3C[C@@](C)(O)[C@@H](O)[C@H](C)O3)[C@@H](C)C(=O)O[C@H]([C@@H](C)CO[C@@H]3O[C@H](C)[C@@H](O)[C@@H](OC)[C@H]3OC)[C@H](C)[C@@H](OC(=O)CC(C)C)[C@@H](C)C(=O)[C@@](C)(OC(=O)NCCNS(=O)(=O)c3ccccc3[N+](=O)[O-])C[C@@H]2C)[C@@H]1O. The molecule has 1 aromatic rings. The summed E-state index contributed by atoms with van der Waals surface area (Å²) in [4.78, 5) is 75.0. The topological polar surface area (TPSA) is 373 Å². The number of rotatable bonds is 22. The highest BCUT2D eigenvalue weighted by Gasteiger charge is 2.54. The van der Waals surface area contributed by atoms with Gasteiger partial charge in [-0.15, -0.1) is 0 Å². The van der Waals surface area contributed by atoms with Gasteiger partial charge in [0.15, 0.2) is 35.1 Å². The summed E-state index contributed by atoms with van der Waals surface area (Å²) in [5.41, 5.74) is -1.86. The summed E-state index contributed by atoms with van der Waals surface area (Å²) in [6, 6.07) is 3.96. The van der Waals surface area contributed by atoms with Crippen molar-refractivity contribution in [2.24, 2.45) is 41.4 Å². The van der Waals surface area contributed by atoms with Gasteiger partial charge >= 0.3 is 18.0 Å². The lowest BCUT2D eigenvalue weighted by Gasteiger charge is -2.47. The van der Waals surface area contributed by atoms with Crippen molar-refractivity contribution < 1.29 is 110 Å². The molecule has 0 aromatic heterocycles. The number of nitro groups is 1. The maximum absolute atomic E-state index is 15.9. The van der Waals surface area contributed by atoms with Gasteiger partial charge in [-0.25, -0.2) is 17.9 Å². The van der Waals surface area contributed by atoms with Crippen molar-refractivity contribution in [1.29, 1.82) is 0 Å². The second kappa shape index (κ2) is 31.7. The minimum absolute atomic E-state index is 0.100. The minimum atomic E-state index is -4.50. The number of nitrogens with one attached hydrogen (secondary N) is 3. The Labute approximate surface area is 510 Å². The second-order valence-corrected chi connectivity index (χ2v) is 26.6. The fraction of sp³-hybridized carbons (Fsp3) is 0.828. The summed E-state index contributed by atoms with van der Waals surface area (Å²) in [6.45, 7) is 19.8. The molecular formula is C58H96N4O24S. The molecule has 4 fully saturated rings. The van der Waals surface area contributed by atoms with E-state index in [1.54, 1.807) is 69.2 Å². The van der Waals surface area contributed by atoms with Crippen LogP contribution in [0.1, 0.15) is 116 Å². The molecular weight excluding hydrogens is 1170 g/mol. The average molecular weight is 1270 g/mol. The fourth-order valence-electron chi connectivity index (χ4n) is 12.4. The van der Waals surface area contributed by atoms with Gasteiger partial charge in [-0.2, -0.15) is 5.48 Å². The molecule has 28 nitrogen and oxygen atoms in total. The van der Waals surface area contributed by atoms with Gasteiger partial charge < -0.3 is 82.7 Å². The molecule has 24 atom stereocenters. The first-order valence-corrected chi connectivity index (χ1v) is 31.2. The Balaban J connectivity index is 1.67. The predicted octanol–water partition coefficient (Wildman–Crippen LogP) is 3.20. The van der Waals surface area contributed by atoms with Crippen LogP contribution in [-0.4, -0.2) is 208 Å². The number of esters is 2. The molecule has 0 unspecified atom stereocenters. The number of carbonyl (C=O) groups is 4. The smallest absolute Gasteiger partial charge is 0.408 e. The summed E-state index contributed by atoms with van der Waals surface area (Å²) < 4.78 is 97.8. The van der Waals surface area contributed by atoms with Gasteiger partial charge in [0.2, 0.25) is 10.0 Å². The zero-order chi connectivity index (χ0) is 65.2. The van der Waals surface area contributed by atoms with E-state index in [0.29, 0.717) is 0 Å². The molecule has 0 aliphatic carbocycles. The number of hydroxylamine groups is 1. The van der Waals surface area contributed by atoms with E-state index in [4.69, 9.17) is 56.9 Å². The molecule has 4 saturated heterocycles. The standard InChI is InChI=1S/C58H96N4O24S/c1-28(2)23-41(63)82-47-33(7)46(30(4)27-78-55-50(76-15)49(75-14)43(64)36(10)81-55)84-53(68)35(9)48(83-42-26-57(12,70)52(67)37(11)80-42)32(6)45(85-54-44(65)38(61-77-16)24-31(5)79-54)29(3)25-58(13,51(66)34(47)8)86-56(69)59-21-22-60-87(73,74)40-20-18-17-19-39(40)62(71)72/h17-20,28-38,42-50,52,54-55,60-61,64-65,67,70H,21-27H2,1-16H3,(H,59,69)/t29-,30-,31+,32+,33-,34+,35+,36+,37-,38+,42-,43+,44+,45-,46+,47+,48-,49+,50+,52-,54-,55+,57+,58-/m0/s1. The molecule has 4 heterocycles. The van der Waals surface area contributed by atoms with E-state index in [-0.39, 0.29) is 31.8 Å². The molecule has 1 amide bonds. The van der Waals surface area contributed by atoms with Crippen LogP contribution in [0.3, 0.4) is 0 Å². The quantitative estimate of drug-likeness (QED) is 0.0288. The number of benzene rings is 1. The van der Waals surface area contributed by atoms with Crippen LogP contribution in [0.4, 0.5) is 10.5 Å². The number of aliphatic hydroxyl groups excluding tert-OH is 3. The maximum atomic E-state index is 15.9. The predicted molar refractivity (Wildman–Crippen MR) is 307 cm³/mol. The third-order valence-electron chi connectivity index (χ3n) is 17.0. The molecule has 4 aliphatic rings. The number of sulfonamides is 1. The molecule has 29 heteroatoms. The third-order valence-corrected chi connectivity index (χ3v) is 18.5. The average Bonchev–Trinajstić information content (AvgIpc) is 3.05. The lowest BCUT2D eigenvalue weighted by Crippen LogP contribution is -2.59. The molecule has 0 spiro atoms. The summed E-state index contributed by atoms with van der Waals surface area (Å²) in [7, 11) is -0.315. The number of para-hydroxylation sites is 1. The van der Waals surface area contributed by atoms with E-state index in [2.05, 4.69) is 15.5 Å². The van der Waals surface area contributed by atoms with E-state index >= 15 is 9.59 Å². The van der Waals surface area contributed by atoms with Gasteiger partial charge in [-0.1, -0.05) is 60.6 Å².